The van der Waals surface area contributed by atoms with Crippen LogP contribution >= 0.6 is 12.4 Å². The minimum atomic E-state index is 0. The van der Waals surface area contributed by atoms with Gasteiger partial charge in [0, 0.05) is 13.2 Å². The number of aryl methyl sites for hydroxylation is 4. The van der Waals surface area contributed by atoms with Crippen molar-refractivity contribution in [3.05, 3.63) is 57.6 Å². The van der Waals surface area contributed by atoms with Crippen LogP contribution in [0.5, 0.6) is 0 Å². The van der Waals surface area contributed by atoms with Crippen LogP contribution in [0.15, 0.2) is 24.3 Å². The van der Waals surface area contributed by atoms with E-state index in [1.165, 1.54) is 116 Å². The molecule has 0 saturated heterocycles. The first-order valence-corrected chi connectivity index (χ1v) is 16.9. The van der Waals surface area contributed by atoms with Gasteiger partial charge in [0.25, 0.3) is 0 Å². The van der Waals surface area contributed by atoms with Gasteiger partial charge in [-0.25, -0.2) is 0 Å². The molecule has 0 aromatic heterocycles. The Hall–Kier alpha value is -0.207. The van der Waals surface area contributed by atoms with E-state index in [2.05, 4.69) is 65.8 Å². The normalized spacial score (nSPS) is 14.6. The molecule has 2 aromatic rings. The maximum absolute atomic E-state index is 5.76. The summed E-state index contributed by atoms with van der Waals surface area (Å²) in [6.45, 7) is 14.6. The van der Waals surface area contributed by atoms with E-state index in [1.807, 2.05) is 0 Å². The van der Waals surface area contributed by atoms with Gasteiger partial charge in [0.2, 0.25) is 0 Å². The monoisotopic (exact) mass is 676 g/mol. The molecule has 0 unspecified atom stereocenters. The molecule has 0 atom stereocenters. The third kappa shape index (κ3) is 15.7. The molecule has 0 aliphatic heterocycles. The molecular weight excluding hydrogens is 615 g/mol. The van der Waals surface area contributed by atoms with Gasteiger partial charge in [-0.05, 0) is 54.4 Å². The van der Waals surface area contributed by atoms with E-state index >= 15 is 0 Å². The van der Waals surface area contributed by atoms with E-state index < -0.39 is 0 Å². The van der Waals surface area contributed by atoms with Gasteiger partial charge in [-0.1, -0.05) is 103 Å². The van der Waals surface area contributed by atoms with Crippen LogP contribution in [0.25, 0.3) is 0 Å². The summed E-state index contributed by atoms with van der Waals surface area (Å²) >= 11 is 0. The summed E-state index contributed by atoms with van der Waals surface area (Å²) in [6.07, 6.45) is 23.8. The standard InChI is InChI=1S/2C19H31O.ClH.Zr/c2*1-19(2,3)20-15-9-5-4-6-10-16-13-14-17-11-7-8-12-18(16)17;;/h2*13-14H,4-12,15H2,1-3H3;1H;/q2*-1;;+2. The molecule has 0 heterocycles. The predicted molar refractivity (Wildman–Crippen MR) is 180 cm³/mol. The molecule has 2 aliphatic carbocycles. The summed E-state index contributed by atoms with van der Waals surface area (Å²) in [4.78, 5) is 0. The van der Waals surface area contributed by atoms with E-state index in [-0.39, 0.29) is 49.8 Å². The molecule has 0 bridgehead atoms. The van der Waals surface area contributed by atoms with Crippen molar-refractivity contribution >= 4 is 12.4 Å². The molecule has 238 valence electrons. The van der Waals surface area contributed by atoms with Crippen LogP contribution in [0.1, 0.15) is 152 Å². The number of hydrogen-bond donors (Lipinski definition) is 0. The van der Waals surface area contributed by atoms with Gasteiger partial charge in [0.1, 0.15) is 0 Å². The molecule has 2 aromatic carbocycles. The molecule has 0 saturated carbocycles. The van der Waals surface area contributed by atoms with E-state index in [1.54, 1.807) is 33.4 Å². The number of fused-ring (bicyclic) bond motifs is 2. The summed E-state index contributed by atoms with van der Waals surface area (Å²) in [7, 11) is 0. The molecule has 2 nitrogen and oxygen atoms in total. The molecule has 0 amide bonds. The molecule has 0 spiro atoms. The Morgan fingerprint density at radius 1 is 0.548 bits per heavy atom. The fraction of sp³-hybridized carbons (Fsp3) is 0.737. The third-order valence-corrected chi connectivity index (χ3v) is 8.52. The average Bonchev–Trinajstić information content (AvgIpc) is 3.51. The zero-order valence-electron chi connectivity index (χ0n) is 28.2. The van der Waals surface area contributed by atoms with Crippen molar-refractivity contribution in [2.24, 2.45) is 0 Å². The van der Waals surface area contributed by atoms with E-state index in [9.17, 15) is 0 Å². The predicted octanol–water partition coefficient (Wildman–Crippen LogP) is 10.8. The van der Waals surface area contributed by atoms with E-state index in [0.717, 1.165) is 13.2 Å². The smallest absolute Gasteiger partial charge is 0.376 e. The van der Waals surface area contributed by atoms with Crippen molar-refractivity contribution in [2.75, 3.05) is 13.2 Å². The largest absolute Gasteiger partial charge is 2.00 e. The van der Waals surface area contributed by atoms with E-state index in [4.69, 9.17) is 9.47 Å². The van der Waals surface area contributed by atoms with Crippen LogP contribution in [0.2, 0.25) is 0 Å². The number of unbranched alkanes of at least 4 members (excludes halogenated alkanes) is 6. The molecule has 2 aliphatic rings. The van der Waals surface area contributed by atoms with Crippen LogP contribution in [-0.2, 0) is 74.2 Å². The number of ether oxygens (including phenoxy) is 2. The molecule has 0 N–H and O–H groups in total. The number of hydrogen-bond acceptors (Lipinski definition) is 2. The first-order valence-electron chi connectivity index (χ1n) is 16.9. The quantitative estimate of drug-likeness (QED) is 0.146. The molecule has 42 heavy (non-hydrogen) atoms. The summed E-state index contributed by atoms with van der Waals surface area (Å²) in [5.41, 5.74) is 10.0. The number of halogens is 1. The Labute approximate surface area is 285 Å². The summed E-state index contributed by atoms with van der Waals surface area (Å²) in [5, 5.41) is 0. The second kappa shape index (κ2) is 20.8. The molecule has 0 radical (unpaired) electrons. The number of rotatable bonds is 14. The zero-order chi connectivity index (χ0) is 28.8. The van der Waals surface area contributed by atoms with Crippen LogP contribution in [0.4, 0.5) is 0 Å². The van der Waals surface area contributed by atoms with Gasteiger partial charge in [-0.2, -0.15) is 57.6 Å². The fourth-order valence-electron chi connectivity index (χ4n) is 6.33. The Bertz CT molecular complexity index is 881. The van der Waals surface area contributed by atoms with Crippen LogP contribution in [-0.4, -0.2) is 24.4 Å². The van der Waals surface area contributed by atoms with Gasteiger partial charge in [-0.3, -0.25) is 0 Å². The van der Waals surface area contributed by atoms with Crippen LogP contribution < -0.4 is 0 Å². The van der Waals surface area contributed by atoms with Gasteiger partial charge in [-0.15, -0.1) is 12.4 Å². The maximum Gasteiger partial charge on any atom is 2.00 e. The van der Waals surface area contributed by atoms with Gasteiger partial charge < -0.3 is 9.47 Å². The summed E-state index contributed by atoms with van der Waals surface area (Å²) < 4.78 is 11.5. The Morgan fingerprint density at radius 2 is 0.905 bits per heavy atom. The minimum absolute atomic E-state index is 0. The fourth-order valence-corrected chi connectivity index (χ4v) is 6.33. The average molecular weight is 679 g/mol. The Kier molecular flexibility index (Phi) is 19.7. The van der Waals surface area contributed by atoms with Crippen LogP contribution in [0, 0.1) is 0 Å². The second-order valence-electron chi connectivity index (χ2n) is 14.4. The van der Waals surface area contributed by atoms with Crippen molar-refractivity contribution < 1.29 is 35.7 Å². The Morgan fingerprint density at radius 3 is 1.29 bits per heavy atom. The molecule has 4 heteroatoms. The van der Waals surface area contributed by atoms with Crippen molar-refractivity contribution in [1.82, 2.24) is 0 Å². The Balaban J connectivity index is 0.000000401. The van der Waals surface area contributed by atoms with Gasteiger partial charge in [0.05, 0.1) is 11.2 Å². The maximum atomic E-state index is 5.76. The van der Waals surface area contributed by atoms with Crippen molar-refractivity contribution in [1.29, 1.82) is 0 Å². The van der Waals surface area contributed by atoms with Crippen molar-refractivity contribution in [2.45, 2.75) is 168 Å². The topological polar surface area (TPSA) is 18.5 Å². The van der Waals surface area contributed by atoms with E-state index in [0.29, 0.717) is 0 Å². The summed E-state index contributed by atoms with van der Waals surface area (Å²) in [5.74, 6) is 0. The molecule has 4 rings (SSSR count). The van der Waals surface area contributed by atoms with Crippen molar-refractivity contribution in [3.8, 4) is 0 Å². The molecule has 0 fully saturated rings. The first-order chi connectivity index (χ1) is 19.1. The van der Waals surface area contributed by atoms with Crippen molar-refractivity contribution in [3.63, 3.8) is 0 Å². The SMILES string of the molecule is CC(C)(C)OCCCCCCc1c[cH-]c2c1CCCC2.CC(C)(C)OCCCCCCc1c[cH-]c2c1CCCC2.Cl.[Zr+2]. The first kappa shape index (κ1) is 39.8. The van der Waals surface area contributed by atoms with Gasteiger partial charge in [0.15, 0.2) is 0 Å². The molecular formula is C38H63ClO2Zr. The van der Waals surface area contributed by atoms with Gasteiger partial charge >= 0.3 is 26.2 Å². The second-order valence-corrected chi connectivity index (χ2v) is 14.4. The van der Waals surface area contributed by atoms with Crippen LogP contribution in [0.3, 0.4) is 0 Å². The summed E-state index contributed by atoms with van der Waals surface area (Å²) in [6, 6.07) is 9.53. The minimum Gasteiger partial charge on any atom is -0.376 e. The third-order valence-electron chi connectivity index (χ3n) is 8.52. The zero-order valence-corrected chi connectivity index (χ0v) is 31.5.